The maximum atomic E-state index is 11.8. The minimum atomic E-state index is 0.0830. The van der Waals surface area contributed by atoms with Crippen LogP contribution in [-0.4, -0.2) is 36.0 Å². The highest BCUT2D eigenvalue weighted by Gasteiger charge is 2.27. The molecule has 3 nitrogen and oxygen atoms in total. The number of hydrogen-bond acceptors (Lipinski definition) is 2. The van der Waals surface area contributed by atoms with E-state index in [9.17, 15) is 4.79 Å². The maximum Gasteiger partial charge on any atom is 0.220 e. The molecule has 1 rings (SSSR count). The molecule has 3 heteroatoms. The van der Waals surface area contributed by atoms with Gasteiger partial charge in [0.05, 0.1) is 0 Å². The second-order valence-corrected chi connectivity index (χ2v) is 8.14. The van der Waals surface area contributed by atoms with Crippen molar-refractivity contribution in [2.45, 2.75) is 66.3 Å². The first-order valence-electron chi connectivity index (χ1n) is 7.60. The highest BCUT2D eigenvalue weighted by Crippen LogP contribution is 2.23. The fourth-order valence-electron chi connectivity index (χ4n) is 2.61. The smallest absolute Gasteiger partial charge is 0.220 e. The van der Waals surface area contributed by atoms with Crippen LogP contribution in [0.2, 0.25) is 0 Å². The Morgan fingerprint density at radius 2 is 1.63 bits per heavy atom. The maximum absolute atomic E-state index is 11.8. The summed E-state index contributed by atoms with van der Waals surface area (Å²) in [6.45, 7) is 16.3. The summed E-state index contributed by atoms with van der Waals surface area (Å²) in [7, 11) is 0. The van der Waals surface area contributed by atoms with Crippen LogP contribution in [0, 0.1) is 11.3 Å². The molecule has 0 bridgehead atoms. The highest BCUT2D eigenvalue weighted by atomic mass is 16.1. The second-order valence-electron chi connectivity index (χ2n) is 8.14. The number of carbonyl (C=O) groups excluding carboxylic acids is 1. The Hall–Kier alpha value is -0.570. The number of amides is 1. The second kappa shape index (κ2) is 6.25. The van der Waals surface area contributed by atoms with Gasteiger partial charge in [0.15, 0.2) is 0 Å². The largest absolute Gasteiger partial charge is 0.356 e. The molecule has 0 saturated carbocycles. The molecule has 1 aliphatic rings. The molecule has 1 N–H and O–H groups in total. The van der Waals surface area contributed by atoms with E-state index in [0.29, 0.717) is 12.3 Å². The van der Waals surface area contributed by atoms with E-state index in [1.54, 1.807) is 0 Å². The molecule has 0 unspecified atom stereocenters. The summed E-state index contributed by atoms with van der Waals surface area (Å²) in [4.78, 5) is 14.3. The molecule has 112 valence electrons. The first kappa shape index (κ1) is 16.5. The van der Waals surface area contributed by atoms with Gasteiger partial charge in [-0.1, -0.05) is 20.8 Å². The predicted molar refractivity (Wildman–Crippen MR) is 81.1 cm³/mol. The Bertz CT molecular complexity index is 291. The quantitative estimate of drug-likeness (QED) is 0.853. The first-order chi connectivity index (χ1) is 8.58. The van der Waals surface area contributed by atoms with E-state index in [1.807, 2.05) is 0 Å². The third-order valence-corrected chi connectivity index (χ3v) is 3.84. The van der Waals surface area contributed by atoms with Crippen molar-refractivity contribution in [1.82, 2.24) is 10.2 Å². The lowest BCUT2D eigenvalue weighted by Gasteiger charge is -2.41. The van der Waals surface area contributed by atoms with Crippen LogP contribution < -0.4 is 5.32 Å². The Morgan fingerprint density at radius 1 is 1.11 bits per heavy atom. The molecule has 0 aliphatic carbocycles. The van der Waals surface area contributed by atoms with E-state index in [4.69, 9.17) is 0 Å². The van der Waals surface area contributed by atoms with Gasteiger partial charge in [-0.05, 0) is 58.0 Å². The monoisotopic (exact) mass is 268 g/mol. The van der Waals surface area contributed by atoms with E-state index in [1.165, 1.54) is 12.8 Å². The summed E-state index contributed by atoms with van der Waals surface area (Å²) in [5, 5.41) is 3.11. The minimum Gasteiger partial charge on any atom is -0.356 e. The summed E-state index contributed by atoms with van der Waals surface area (Å²) < 4.78 is 0. The number of likely N-dealkylation sites (tertiary alicyclic amines) is 1. The van der Waals surface area contributed by atoms with Crippen LogP contribution in [0.25, 0.3) is 0 Å². The molecule has 1 saturated heterocycles. The van der Waals surface area contributed by atoms with Crippen molar-refractivity contribution in [3.8, 4) is 0 Å². The summed E-state index contributed by atoms with van der Waals surface area (Å²) in [6, 6.07) is 0. The Kier molecular flexibility index (Phi) is 5.43. The van der Waals surface area contributed by atoms with E-state index >= 15 is 0 Å². The molecule has 1 heterocycles. The van der Waals surface area contributed by atoms with Gasteiger partial charge in [0, 0.05) is 18.5 Å². The molecule has 0 aromatic carbocycles. The molecular formula is C16H32N2O. The van der Waals surface area contributed by atoms with Gasteiger partial charge in [0.1, 0.15) is 0 Å². The molecular weight excluding hydrogens is 236 g/mol. The fourth-order valence-corrected chi connectivity index (χ4v) is 2.61. The molecule has 1 fully saturated rings. The average Bonchev–Trinajstić information content (AvgIpc) is 2.23. The van der Waals surface area contributed by atoms with E-state index < -0.39 is 0 Å². The summed E-state index contributed by atoms with van der Waals surface area (Å²) in [5.41, 5.74) is 0.361. The summed E-state index contributed by atoms with van der Waals surface area (Å²) >= 11 is 0. The van der Waals surface area contributed by atoms with Gasteiger partial charge in [-0.2, -0.15) is 0 Å². The topological polar surface area (TPSA) is 32.3 Å². The van der Waals surface area contributed by atoms with E-state index in [0.717, 1.165) is 19.6 Å². The fraction of sp³-hybridized carbons (Fsp3) is 0.938. The number of piperidine rings is 1. The molecule has 1 aliphatic heterocycles. The molecule has 0 radical (unpaired) electrons. The summed E-state index contributed by atoms with van der Waals surface area (Å²) in [5.74, 6) is 0.855. The average molecular weight is 268 g/mol. The van der Waals surface area contributed by atoms with Crippen molar-refractivity contribution in [3.63, 3.8) is 0 Å². The van der Waals surface area contributed by atoms with Crippen LogP contribution >= 0.6 is 0 Å². The lowest BCUT2D eigenvalue weighted by molar-refractivity contribution is -0.123. The first-order valence-corrected chi connectivity index (χ1v) is 7.60. The molecule has 0 spiro atoms. The highest BCUT2D eigenvalue weighted by molar-refractivity contribution is 5.76. The van der Waals surface area contributed by atoms with Crippen molar-refractivity contribution >= 4 is 5.91 Å². The normalized spacial score (nSPS) is 19.5. The Balaban J connectivity index is 2.25. The van der Waals surface area contributed by atoms with Gasteiger partial charge in [-0.25, -0.2) is 0 Å². The van der Waals surface area contributed by atoms with Crippen LogP contribution in [0.3, 0.4) is 0 Å². The lowest BCUT2D eigenvalue weighted by Crippen LogP contribution is -2.47. The zero-order valence-corrected chi connectivity index (χ0v) is 13.7. The van der Waals surface area contributed by atoms with Crippen LogP contribution in [0.1, 0.15) is 60.8 Å². The number of nitrogens with zero attached hydrogens (tertiary/aromatic N) is 1. The van der Waals surface area contributed by atoms with Crippen molar-refractivity contribution in [1.29, 1.82) is 0 Å². The van der Waals surface area contributed by atoms with E-state index in [2.05, 4.69) is 51.8 Å². The Labute approximate surface area is 119 Å². The minimum absolute atomic E-state index is 0.0830. The molecule has 19 heavy (non-hydrogen) atoms. The third kappa shape index (κ3) is 6.42. The SMILES string of the molecule is CC(C)(C)CC(=O)NCC1CCN(C(C)(C)C)CC1. The number of rotatable bonds is 3. The van der Waals surface area contributed by atoms with Gasteiger partial charge in [0.2, 0.25) is 5.91 Å². The number of hydrogen-bond donors (Lipinski definition) is 1. The lowest BCUT2D eigenvalue weighted by atomic mass is 9.91. The zero-order chi connectivity index (χ0) is 14.7. The predicted octanol–water partition coefficient (Wildman–Crippen LogP) is 3.05. The summed E-state index contributed by atoms with van der Waals surface area (Å²) in [6.07, 6.45) is 3.02. The zero-order valence-electron chi connectivity index (χ0n) is 13.7. The standard InChI is InChI=1S/C16H32N2O/c1-15(2,3)11-14(19)17-12-13-7-9-18(10-8-13)16(4,5)6/h13H,7-12H2,1-6H3,(H,17,19). The van der Waals surface area contributed by atoms with Crippen molar-refractivity contribution in [2.75, 3.05) is 19.6 Å². The van der Waals surface area contributed by atoms with Crippen molar-refractivity contribution < 1.29 is 4.79 Å². The van der Waals surface area contributed by atoms with Gasteiger partial charge in [-0.15, -0.1) is 0 Å². The Morgan fingerprint density at radius 3 is 2.05 bits per heavy atom. The van der Waals surface area contributed by atoms with Crippen LogP contribution in [0.5, 0.6) is 0 Å². The molecule has 1 amide bonds. The molecule has 0 atom stereocenters. The van der Waals surface area contributed by atoms with Crippen molar-refractivity contribution in [2.24, 2.45) is 11.3 Å². The van der Waals surface area contributed by atoms with Gasteiger partial charge in [-0.3, -0.25) is 9.69 Å². The van der Waals surface area contributed by atoms with Crippen LogP contribution in [-0.2, 0) is 4.79 Å². The van der Waals surface area contributed by atoms with Crippen LogP contribution in [0.15, 0.2) is 0 Å². The van der Waals surface area contributed by atoms with E-state index in [-0.39, 0.29) is 16.9 Å². The van der Waals surface area contributed by atoms with Gasteiger partial charge >= 0.3 is 0 Å². The van der Waals surface area contributed by atoms with Gasteiger partial charge in [0.25, 0.3) is 0 Å². The number of carbonyl (C=O) groups is 1. The third-order valence-electron chi connectivity index (χ3n) is 3.84. The van der Waals surface area contributed by atoms with Crippen molar-refractivity contribution in [3.05, 3.63) is 0 Å². The van der Waals surface area contributed by atoms with Gasteiger partial charge < -0.3 is 5.32 Å². The van der Waals surface area contributed by atoms with Crippen LogP contribution in [0.4, 0.5) is 0 Å². The molecule has 0 aromatic heterocycles. The number of nitrogens with one attached hydrogen (secondary N) is 1. The molecule has 0 aromatic rings.